The van der Waals surface area contributed by atoms with Gasteiger partial charge in [0.05, 0.1) is 16.2 Å². The Morgan fingerprint density at radius 3 is 3.00 bits per heavy atom. The van der Waals surface area contributed by atoms with Crippen molar-refractivity contribution < 1.29 is 0 Å². The molecular weight excluding hydrogens is 238 g/mol. The highest BCUT2D eigenvalue weighted by atomic mass is 32.1. The zero-order valence-corrected chi connectivity index (χ0v) is 10.9. The summed E-state index contributed by atoms with van der Waals surface area (Å²) in [5, 5.41) is 6.79. The van der Waals surface area contributed by atoms with Crippen LogP contribution in [0, 0.1) is 0 Å². The third-order valence-corrected chi connectivity index (χ3v) is 4.06. The molecule has 16 heavy (non-hydrogen) atoms. The van der Waals surface area contributed by atoms with Crippen LogP contribution in [-0.2, 0) is 19.4 Å². The molecule has 86 valence electrons. The van der Waals surface area contributed by atoms with Gasteiger partial charge < -0.3 is 5.32 Å². The van der Waals surface area contributed by atoms with Crippen LogP contribution in [0.4, 0.5) is 0 Å². The second-order valence-electron chi connectivity index (χ2n) is 3.48. The summed E-state index contributed by atoms with van der Waals surface area (Å²) in [5.74, 6) is 0. The van der Waals surface area contributed by atoms with E-state index in [1.807, 2.05) is 11.7 Å². The summed E-state index contributed by atoms with van der Waals surface area (Å²) in [7, 11) is 0. The van der Waals surface area contributed by atoms with Crippen LogP contribution in [0.3, 0.4) is 0 Å². The topological polar surface area (TPSA) is 37.8 Å². The first-order valence-electron chi connectivity index (χ1n) is 5.40. The van der Waals surface area contributed by atoms with Gasteiger partial charge in [-0.3, -0.25) is 4.98 Å². The average Bonchev–Trinajstić information content (AvgIpc) is 2.95. The Morgan fingerprint density at radius 2 is 2.31 bits per heavy atom. The zero-order valence-electron chi connectivity index (χ0n) is 9.27. The minimum atomic E-state index is 0.912. The fourth-order valence-corrected chi connectivity index (χ4v) is 2.73. The normalized spacial score (nSPS) is 10.8. The molecule has 2 heterocycles. The second-order valence-corrected chi connectivity index (χ2v) is 5.39. The lowest BCUT2D eigenvalue weighted by molar-refractivity contribution is 0.686. The molecule has 3 nitrogen and oxygen atoms in total. The first kappa shape index (κ1) is 11.7. The largest absolute Gasteiger partial charge is 0.311 e. The molecule has 2 aromatic rings. The van der Waals surface area contributed by atoms with Crippen LogP contribution in [0.1, 0.15) is 22.5 Å². The third-order valence-electron chi connectivity index (χ3n) is 2.24. The van der Waals surface area contributed by atoms with E-state index >= 15 is 0 Å². The van der Waals surface area contributed by atoms with Crippen LogP contribution in [0.5, 0.6) is 0 Å². The van der Waals surface area contributed by atoms with E-state index in [0.717, 1.165) is 25.9 Å². The number of nitrogens with one attached hydrogen (secondary N) is 1. The maximum atomic E-state index is 4.53. The molecule has 0 fully saturated rings. The molecule has 0 atom stereocenters. The van der Waals surface area contributed by atoms with Gasteiger partial charge in [0.15, 0.2) is 0 Å². The molecule has 0 aliphatic rings. The summed E-state index contributed by atoms with van der Waals surface area (Å²) < 4.78 is 0. The van der Waals surface area contributed by atoms with Crippen LogP contribution >= 0.6 is 22.7 Å². The fraction of sp³-hybridized carbons (Fsp3) is 0.455. The van der Waals surface area contributed by atoms with Gasteiger partial charge in [-0.25, -0.2) is 4.98 Å². The highest BCUT2D eigenvalue weighted by Crippen LogP contribution is 2.10. The second kappa shape index (κ2) is 6.08. The quantitative estimate of drug-likeness (QED) is 0.804. The Labute approximate surface area is 104 Å². The molecule has 0 aromatic carbocycles. The number of aryl methyl sites for hydroxylation is 1. The van der Waals surface area contributed by atoms with Crippen molar-refractivity contribution in [3.63, 3.8) is 0 Å². The molecule has 2 rings (SSSR count). The first-order valence-corrected chi connectivity index (χ1v) is 7.15. The standard InChI is InChI=1S/C11H15N3S2/c1-2-11-14-9(7-15-11)3-4-12-5-10-6-13-8-16-10/h6-8,12H,2-5H2,1H3. The zero-order chi connectivity index (χ0) is 11.2. The van der Waals surface area contributed by atoms with E-state index in [0.29, 0.717) is 0 Å². The van der Waals surface area contributed by atoms with E-state index in [4.69, 9.17) is 0 Å². The highest BCUT2D eigenvalue weighted by Gasteiger charge is 2.00. The summed E-state index contributed by atoms with van der Waals surface area (Å²) in [6.07, 6.45) is 3.96. The number of aromatic nitrogens is 2. The maximum absolute atomic E-state index is 4.53. The third kappa shape index (κ3) is 3.37. The molecule has 0 radical (unpaired) electrons. The number of thiazole rings is 2. The SMILES string of the molecule is CCc1nc(CCNCc2cncs2)cs1. The maximum Gasteiger partial charge on any atom is 0.0925 e. The number of hydrogen-bond donors (Lipinski definition) is 1. The summed E-state index contributed by atoms with van der Waals surface area (Å²) in [4.78, 5) is 9.86. The number of rotatable bonds is 6. The Hall–Kier alpha value is -0.780. The molecule has 0 unspecified atom stereocenters. The smallest absolute Gasteiger partial charge is 0.0925 e. The van der Waals surface area contributed by atoms with Crippen LogP contribution < -0.4 is 5.32 Å². The monoisotopic (exact) mass is 253 g/mol. The van der Waals surface area contributed by atoms with Gasteiger partial charge in [-0.15, -0.1) is 22.7 Å². The van der Waals surface area contributed by atoms with Crippen molar-refractivity contribution in [3.05, 3.63) is 32.7 Å². The van der Waals surface area contributed by atoms with Crippen molar-refractivity contribution in [2.24, 2.45) is 0 Å². The molecule has 0 saturated heterocycles. The van der Waals surface area contributed by atoms with Gasteiger partial charge in [0.1, 0.15) is 0 Å². The van der Waals surface area contributed by atoms with Crippen molar-refractivity contribution in [1.29, 1.82) is 0 Å². The van der Waals surface area contributed by atoms with Crippen LogP contribution in [0.25, 0.3) is 0 Å². The minimum Gasteiger partial charge on any atom is -0.311 e. The fourth-order valence-electron chi connectivity index (χ4n) is 1.38. The van der Waals surface area contributed by atoms with Crippen molar-refractivity contribution in [2.45, 2.75) is 26.3 Å². The average molecular weight is 253 g/mol. The Balaban J connectivity index is 1.68. The van der Waals surface area contributed by atoms with Gasteiger partial charge in [-0.1, -0.05) is 6.92 Å². The van der Waals surface area contributed by atoms with Crippen molar-refractivity contribution in [3.8, 4) is 0 Å². The van der Waals surface area contributed by atoms with Crippen LogP contribution in [0.2, 0.25) is 0 Å². The van der Waals surface area contributed by atoms with E-state index in [2.05, 4.69) is 27.6 Å². The minimum absolute atomic E-state index is 0.912. The number of hydrogen-bond acceptors (Lipinski definition) is 5. The van der Waals surface area contributed by atoms with Gasteiger partial charge in [0.25, 0.3) is 0 Å². The molecule has 0 aliphatic heterocycles. The van der Waals surface area contributed by atoms with Gasteiger partial charge in [0, 0.05) is 36.0 Å². The lowest BCUT2D eigenvalue weighted by atomic mass is 10.3. The van der Waals surface area contributed by atoms with Crippen LogP contribution in [0.15, 0.2) is 17.1 Å². The summed E-state index contributed by atoms with van der Waals surface area (Å²) in [5.41, 5.74) is 3.07. The van der Waals surface area contributed by atoms with E-state index in [1.54, 1.807) is 22.7 Å². The summed E-state index contributed by atoms with van der Waals surface area (Å²) in [6, 6.07) is 0. The lowest BCUT2D eigenvalue weighted by Gasteiger charge is -2.00. The van der Waals surface area contributed by atoms with Gasteiger partial charge in [0.2, 0.25) is 0 Å². The Bertz CT molecular complexity index is 409. The molecule has 0 bridgehead atoms. The van der Waals surface area contributed by atoms with Crippen molar-refractivity contribution in [2.75, 3.05) is 6.54 Å². The number of nitrogens with zero attached hydrogens (tertiary/aromatic N) is 2. The van der Waals surface area contributed by atoms with Gasteiger partial charge >= 0.3 is 0 Å². The predicted molar refractivity (Wildman–Crippen MR) is 69.0 cm³/mol. The first-order chi connectivity index (χ1) is 7.88. The van der Waals surface area contributed by atoms with Crippen molar-refractivity contribution >= 4 is 22.7 Å². The summed E-state index contributed by atoms with van der Waals surface area (Å²) in [6.45, 7) is 4.03. The molecule has 2 aromatic heterocycles. The predicted octanol–water partition coefficient (Wildman–Crippen LogP) is 2.49. The Kier molecular flexibility index (Phi) is 4.44. The molecule has 0 amide bonds. The lowest BCUT2D eigenvalue weighted by Crippen LogP contribution is -2.16. The molecule has 0 aliphatic carbocycles. The van der Waals surface area contributed by atoms with E-state index in [9.17, 15) is 0 Å². The van der Waals surface area contributed by atoms with Crippen molar-refractivity contribution in [1.82, 2.24) is 15.3 Å². The molecular formula is C11H15N3S2. The van der Waals surface area contributed by atoms with Gasteiger partial charge in [-0.05, 0) is 6.42 Å². The highest BCUT2D eigenvalue weighted by molar-refractivity contribution is 7.09. The van der Waals surface area contributed by atoms with Gasteiger partial charge in [-0.2, -0.15) is 0 Å². The Morgan fingerprint density at radius 1 is 1.38 bits per heavy atom. The molecule has 1 N–H and O–H groups in total. The van der Waals surface area contributed by atoms with E-state index < -0.39 is 0 Å². The summed E-state index contributed by atoms with van der Waals surface area (Å²) >= 11 is 3.45. The van der Waals surface area contributed by atoms with E-state index in [-0.39, 0.29) is 0 Å². The molecule has 0 saturated carbocycles. The van der Waals surface area contributed by atoms with E-state index in [1.165, 1.54) is 15.6 Å². The molecule has 0 spiro atoms. The van der Waals surface area contributed by atoms with Crippen LogP contribution in [-0.4, -0.2) is 16.5 Å². The molecule has 5 heteroatoms.